The van der Waals surface area contributed by atoms with E-state index >= 15 is 0 Å². The van der Waals surface area contributed by atoms with Crippen LogP contribution in [-0.2, 0) is 24.8 Å². The summed E-state index contributed by atoms with van der Waals surface area (Å²) in [6.45, 7) is 4.48. The molecule has 5 heteroatoms. The van der Waals surface area contributed by atoms with Crippen molar-refractivity contribution in [3.63, 3.8) is 0 Å². The zero-order valence-corrected chi connectivity index (χ0v) is 11.5. The van der Waals surface area contributed by atoms with E-state index in [0.717, 1.165) is 22.5 Å². The molecule has 0 atom stereocenters. The molecular formula is C14H18N4O. The molecule has 5 nitrogen and oxygen atoms in total. The third-order valence-electron chi connectivity index (χ3n) is 3.21. The zero-order chi connectivity index (χ0) is 13.8. The molecule has 1 N–H and O–H groups in total. The Hall–Kier alpha value is -2.17. The Bertz CT molecular complexity index is 575. The highest BCUT2D eigenvalue weighted by atomic mass is 16.1. The van der Waals surface area contributed by atoms with Crippen molar-refractivity contribution in [2.24, 2.45) is 7.05 Å². The van der Waals surface area contributed by atoms with Crippen LogP contribution in [0.1, 0.15) is 22.5 Å². The summed E-state index contributed by atoms with van der Waals surface area (Å²) in [5.74, 6) is -0.00402. The van der Waals surface area contributed by atoms with Gasteiger partial charge in [-0.05, 0) is 25.5 Å². The second-order valence-electron chi connectivity index (χ2n) is 4.59. The molecular weight excluding hydrogens is 240 g/mol. The Kier molecular flexibility index (Phi) is 3.94. The molecule has 0 bridgehead atoms. The maximum atomic E-state index is 11.8. The number of aryl methyl sites for hydroxylation is 2. The molecule has 0 saturated carbocycles. The van der Waals surface area contributed by atoms with Crippen LogP contribution in [-0.4, -0.2) is 20.7 Å². The minimum absolute atomic E-state index is 0.00402. The number of nitrogens with zero attached hydrogens (tertiary/aromatic N) is 3. The highest BCUT2D eigenvalue weighted by molar-refractivity contribution is 5.78. The molecule has 0 radical (unpaired) electrons. The van der Waals surface area contributed by atoms with E-state index in [4.69, 9.17) is 0 Å². The molecule has 1 amide bonds. The number of carbonyl (C=O) groups is 1. The largest absolute Gasteiger partial charge is 0.352 e. The summed E-state index contributed by atoms with van der Waals surface area (Å²) in [5.41, 5.74) is 4.04. The maximum Gasteiger partial charge on any atom is 0.224 e. The Morgan fingerprint density at radius 2 is 2.21 bits per heavy atom. The molecule has 0 aliphatic heterocycles. The van der Waals surface area contributed by atoms with Gasteiger partial charge in [-0.1, -0.05) is 6.07 Å². The summed E-state index contributed by atoms with van der Waals surface area (Å²) >= 11 is 0. The molecule has 0 saturated heterocycles. The number of hydrogen-bond acceptors (Lipinski definition) is 3. The average Bonchev–Trinajstić information content (AvgIpc) is 2.62. The first kappa shape index (κ1) is 13.3. The minimum Gasteiger partial charge on any atom is -0.352 e. The first-order valence-corrected chi connectivity index (χ1v) is 6.22. The van der Waals surface area contributed by atoms with Crippen molar-refractivity contribution < 1.29 is 4.79 Å². The van der Waals surface area contributed by atoms with Crippen LogP contribution in [0.4, 0.5) is 0 Å². The van der Waals surface area contributed by atoms with Gasteiger partial charge in [-0.15, -0.1) is 0 Å². The quantitative estimate of drug-likeness (QED) is 0.899. The van der Waals surface area contributed by atoms with Gasteiger partial charge in [0.05, 0.1) is 12.1 Å². The Morgan fingerprint density at radius 1 is 1.42 bits per heavy atom. The minimum atomic E-state index is -0.00402. The van der Waals surface area contributed by atoms with Gasteiger partial charge in [0.25, 0.3) is 0 Å². The summed E-state index contributed by atoms with van der Waals surface area (Å²) in [6.07, 6.45) is 3.76. The highest BCUT2D eigenvalue weighted by Gasteiger charge is 2.10. The standard InChI is InChI=1S/C14H18N4O/c1-10-13(11(2)18(3)17-10)9-16-14(19)7-12-5-4-6-15-8-12/h4-6,8H,7,9H2,1-3H3,(H,16,19). The number of amides is 1. The van der Waals surface area contributed by atoms with E-state index in [1.54, 1.807) is 12.4 Å². The summed E-state index contributed by atoms with van der Waals surface area (Å²) in [4.78, 5) is 15.8. The number of nitrogens with one attached hydrogen (secondary N) is 1. The Labute approximate surface area is 112 Å². The summed E-state index contributed by atoms with van der Waals surface area (Å²) in [7, 11) is 1.91. The molecule has 2 rings (SSSR count). The number of aromatic nitrogens is 3. The van der Waals surface area contributed by atoms with Gasteiger partial charge in [0.2, 0.25) is 5.91 Å². The summed E-state index contributed by atoms with van der Waals surface area (Å²) in [6, 6.07) is 3.73. The molecule has 0 spiro atoms. The van der Waals surface area contributed by atoms with E-state index in [9.17, 15) is 4.79 Å². The molecule has 100 valence electrons. The van der Waals surface area contributed by atoms with E-state index in [2.05, 4.69) is 15.4 Å². The van der Waals surface area contributed by atoms with Gasteiger partial charge in [-0.25, -0.2) is 0 Å². The topological polar surface area (TPSA) is 59.8 Å². The van der Waals surface area contributed by atoms with Crippen molar-refractivity contribution in [2.75, 3.05) is 0 Å². The monoisotopic (exact) mass is 258 g/mol. The highest BCUT2D eigenvalue weighted by Crippen LogP contribution is 2.11. The maximum absolute atomic E-state index is 11.8. The van der Waals surface area contributed by atoms with Gasteiger partial charge in [0, 0.05) is 37.2 Å². The lowest BCUT2D eigenvalue weighted by molar-refractivity contribution is -0.120. The van der Waals surface area contributed by atoms with Crippen LogP contribution in [0.5, 0.6) is 0 Å². The predicted octanol–water partition coefficient (Wildman–Crippen LogP) is 1.29. The zero-order valence-electron chi connectivity index (χ0n) is 11.5. The molecule has 2 aromatic rings. The number of pyridine rings is 1. The normalized spacial score (nSPS) is 10.5. The smallest absolute Gasteiger partial charge is 0.224 e. The molecule has 0 aromatic carbocycles. The number of hydrogen-bond donors (Lipinski definition) is 1. The second kappa shape index (κ2) is 5.65. The first-order valence-electron chi connectivity index (χ1n) is 6.22. The number of rotatable bonds is 4. The lowest BCUT2D eigenvalue weighted by atomic mass is 10.2. The second-order valence-corrected chi connectivity index (χ2v) is 4.59. The molecule has 2 heterocycles. The van der Waals surface area contributed by atoms with Gasteiger partial charge in [-0.2, -0.15) is 5.10 Å². The van der Waals surface area contributed by atoms with Crippen molar-refractivity contribution in [3.8, 4) is 0 Å². The molecule has 0 unspecified atom stereocenters. The van der Waals surface area contributed by atoms with Crippen LogP contribution >= 0.6 is 0 Å². The van der Waals surface area contributed by atoms with Gasteiger partial charge < -0.3 is 5.32 Å². The first-order chi connectivity index (χ1) is 9.08. The van der Waals surface area contributed by atoms with Crippen LogP contribution in [0.3, 0.4) is 0 Å². The molecule has 0 aliphatic rings. The van der Waals surface area contributed by atoms with Crippen LogP contribution in [0.15, 0.2) is 24.5 Å². The van der Waals surface area contributed by atoms with E-state index in [-0.39, 0.29) is 5.91 Å². The van der Waals surface area contributed by atoms with E-state index < -0.39 is 0 Å². The lowest BCUT2D eigenvalue weighted by Gasteiger charge is -2.06. The molecule has 0 fully saturated rings. The van der Waals surface area contributed by atoms with Gasteiger partial charge >= 0.3 is 0 Å². The van der Waals surface area contributed by atoms with Crippen molar-refractivity contribution in [3.05, 3.63) is 47.0 Å². The SMILES string of the molecule is Cc1nn(C)c(C)c1CNC(=O)Cc1cccnc1. The van der Waals surface area contributed by atoms with Crippen LogP contribution in [0.25, 0.3) is 0 Å². The average molecular weight is 258 g/mol. The van der Waals surface area contributed by atoms with E-state index in [1.165, 1.54) is 0 Å². The van der Waals surface area contributed by atoms with Crippen molar-refractivity contribution in [1.29, 1.82) is 0 Å². The van der Waals surface area contributed by atoms with E-state index in [1.807, 2.05) is 37.7 Å². The summed E-state index contributed by atoms with van der Waals surface area (Å²) < 4.78 is 1.83. The fraction of sp³-hybridized carbons (Fsp3) is 0.357. The lowest BCUT2D eigenvalue weighted by Crippen LogP contribution is -2.25. The fourth-order valence-electron chi connectivity index (χ4n) is 2.01. The molecule has 2 aromatic heterocycles. The van der Waals surface area contributed by atoms with Crippen molar-refractivity contribution in [2.45, 2.75) is 26.8 Å². The van der Waals surface area contributed by atoms with Crippen molar-refractivity contribution >= 4 is 5.91 Å². The third-order valence-corrected chi connectivity index (χ3v) is 3.21. The van der Waals surface area contributed by atoms with E-state index in [0.29, 0.717) is 13.0 Å². The summed E-state index contributed by atoms with van der Waals surface area (Å²) in [5, 5.41) is 7.25. The molecule has 19 heavy (non-hydrogen) atoms. The van der Waals surface area contributed by atoms with Gasteiger partial charge in [0.15, 0.2) is 0 Å². The number of carbonyl (C=O) groups excluding carboxylic acids is 1. The van der Waals surface area contributed by atoms with Crippen LogP contribution in [0.2, 0.25) is 0 Å². The predicted molar refractivity (Wildman–Crippen MR) is 72.5 cm³/mol. The van der Waals surface area contributed by atoms with Gasteiger partial charge in [-0.3, -0.25) is 14.5 Å². The van der Waals surface area contributed by atoms with Crippen molar-refractivity contribution in [1.82, 2.24) is 20.1 Å². The van der Waals surface area contributed by atoms with Crippen LogP contribution < -0.4 is 5.32 Å². The fourth-order valence-corrected chi connectivity index (χ4v) is 2.01. The Morgan fingerprint density at radius 3 is 2.79 bits per heavy atom. The van der Waals surface area contributed by atoms with Gasteiger partial charge in [0.1, 0.15) is 0 Å². The van der Waals surface area contributed by atoms with Crippen LogP contribution in [0, 0.1) is 13.8 Å². The Balaban J connectivity index is 1.94. The molecule has 0 aliphatic carbocycles. The third kappa shape index (κ3) is 3.19.